The third-order valence-corrected chi connectivity index (χ3v) is 4.23. The van der Waals surface area contributed by atoms with Crippen molar-refractivity contribution in [1.29, 1.82) is 0 Å². The van der Waals surface area contributed by atoms with Gasteiger partial charge < -0.3 is 16.2 Å². The maximum absolute atomic E-state index is 5.82. The lowest BCUT2D eigenvalue weighted by molar-refractivity contribution is 0.316. The second-order valence-corrected chi connectivity index (χ2v) is 6.00. The first-order valence-electron chi connectivity index (χ1n) is 8.21. The third-order valence-electron chi connectivity index (χ3n) is 4.23. The maximum atomic E-state index is 5.82. The second kappa shape index (κ2) is 9.06. The van der Waals surface area contributed by atoms with Crippen LogP contribution in [0.5, 0.6) is 5.75 Å². The average molecular weight is 292 g/mol. The Morgan fingerprint density at radius 2 is 1.62 bits per heavy atom. The molecule has 1 unspecified atom stereocenters. The Bertz CT molecular complexity index is 404. The molecular weight excluding hydrogens is 260 g/mol. The Hall–Kier alpha value is -1.06. The monoisotopic (exact) mass is 292 g/mol. The Kier molecular flexibility index (Phi) is 7.76. The van der Waals surface area contributed by atoms with Crippen LogP contribution in [-0.4, -0.2) is 19.7 Å². The molecular formula is C18H32N2O. The van der Waals surface area contributed by atoms with E-state index in [9.17, 15) is 0 Å². The normalized spacial score (nSPS) is 12.7. The van der Waals surface area contributed by atoms with Crippen LogP contribution in [0.15, 0.2) is 12.1 Å². The number of hydrogen-bond donors (Lipinski definition) is 2. The van der Waals surface area contributed by atoms with Crippen LogP contribution < -0.4 is 16.2 Å². The zero-order valence-corrected chi connectivity index (χ0v) is 14.1. The van der Waals surface area contributed by atoms with Crippen molar-refractivity contribution in [2.45, 2.75) is 52.9 Å². The summed E-state index contributed by atoms with van der Waals surface area (Å²) in [6, 6.07) is 4.33. The predicted molar refractivity (Wildman–Crippen MR) is 90.9 cm³/mol. The van der Waals surface area contributed by atoms with Crippen molar-refractivity contribution in [3.63, 3.8) is 0 Å². The molecule has 21 heavy (non-hydrogen) atoms. The van der Waals surface area contributed by atoms with Crippen LogP contribution in [0.25, 0.3) is 0 Å². The number of rotatable bonds is 9. The van der Waals surface area contributed by atoms with E-state index in [1.165, 1.54) is 16.7 Å². The van der Waals surface area contributed by atoms with Crippen molar-refractivity contribution in [2.75, 3.05) is 19.7 Å². The van der Waals surface area contributed by atoms with E-state index in [1.807, 2.05) is 0 Å². The van der Waals surface area contributed by atoms with Gasteiger partial charge in [-0.3, -0.25) is 0 Å². The molecule has 0 aromatic heterocycles. The molecule has 0 bridgehead atoms. The smallest absolute Gasteiger partial charge is 0.119 e. The molecule has 1 aromatic rings. The summed E-state index contributed by atoms with van der Waals surface area (Å²) in [7, 11) is 0. The molecule has 3 nitrogen and oxygen atoms in total. The quantitative estimate of drug-likeness (QED) is 0.732. The summed E-state index contributed by atoms with van der Waals surface area (Å²) >= 11 is 0. The summed E-state index contributed by atoms with van der Waals surface area (Å²) < 4.78 is 5.77. The van der Waals surface area contributed by atoms with Gasteiger partial charge in [0, 0.05) is 0 Å². The standard InChI is InChI=1S/C18H32N2O/c1-5-7-21-17-8-13(3)18(14(4)9-17)16(6-2)10-15(11-19)12-20/h8-9,15-16H,5-7,10-12,19-20H2,1-4H3. The fourth-order valence-corrected chi connectivity index (χ4v) is 3.06. The van der Waals surface area contributed by atoms with E-state index < -0.39 is 0 Å². The van der Waals surface area contributed by atoms with Crippen molar-refractivity contribution in [1.82, 2.24) is 0 Å². The van der Waals surface area contributed by atoms with E-state index in [-0.39, 0.29) is 0 Å². The molecule has 0 saturated heterocycles. The summed E-state index contributed by atoms with van der Waals surface area (Å²) in [4.78, 5) is 0. The zero-order valence-electron chi connectivity index (χ0n) is 14.1. The molecule has 0 amide bonds. The highest BCUT2D eigenvalue weighted by Gasteiger charge is 2.19. The molecule has 120 valence electrons. The highest BCUT2D eigenvalue weighted by Crippen LogP contribution is 2.34. The Labute approximate surface area is 130 Å². The number of ether oxygens (including phenoxy) is 1. The lowest BCUT2D eigenvalue weighted by Crippen LogP contribution is -2.25. The van der Waals surface area contributed by atoms with Crippen LogP contribution in [0.3, 0.4) is 0 Å². The van der Waals surface area contributed by atoms with E-state index >= 15 is 0 Å². The van der Waals surface area contributed by atoms with Gasteiger partial charge in [-0.15, -0.1) is 0 Å². The third kappa shape index (κ3) is 5.01. The van der Waals surface area contributed by atoms with Crippen LogP contribution in [0.4, 0.5) is 0 Å². The highest BCUT2D eigenvalue weighted by atomic mass is 16.5. The average Bonchev–Trinajstić information content (AvgIpc) is 2.47. The van der Waals surface area contributed by atoms with Crippen molar-refractivity contribution in [2.24, 2.45) is 17.4 Å². The van der Waals surface area contributed by atoms with Crippen LogP contribution in [0.1, 0.15) is 55.7 Å². The maximum Gasteiger partial charge on any atom is 0.119 e. The molecule has 0 aliphatic heterocycles. The molecule has 1 aromatic carbocycles. The van der Waals surface area contributed by atoms with Crippen LogP contribution >= 0.6 is 0 Å². The molecule has 0 aliphatic rings. The zero-order chi connectivity index (χ0) is 15.8. The summed E-state index contributed by atoms with van der Waals surface area (Å²) in [5.41, 5.74) is 15.7. The van der Waals surface area contributed by atoms with E-state index in [0.29, 0.717) is 24.9 Å². The van der Waals surface area contributed by atoms with Gasteiger partial charge in [0.15, 0.2) is 0 Å². The van der Waals surface area contributed by atoms with Crippen molar-refractivity contribution in [3.05, 3.63) is 28.8 Å². The first-order valence-corrected chi connectivity index (χ1v) is 8.21. The number of hydrogen-bond acceptors (Lipinski definition) is 3. The molecule has 3 heteroatoms. The van der Waals surface area contributed by atoms with Gasteiger partial charge in [-0.25, -0.2) is 0 Å². The summed E-state index contributed by atoms with van der Waals surface area (Å²) in [6.07, 6.45) is 3.22. The molecule has 1 rings (SSSR count). The van der Waals surface area contributed by atoms with Gasteiger partial charge in [-0.2, -0.15) is 0 Å². The van der Waals surface area contributed by atoms with Gasteiger partial charge in [0.25, 0.3) is 0 Å². The fourth-order valence-electron chi connectivity index (χ4n) is 3.06. The lowest BCUT2D eigenvalue weighted by Gasteiger charge is -2.25. The minimum absolute atomic E-state index is 0.407. The van der Waals surface area contributed by atoms with Crippen LogP contribution in [0, 0.1) is 19.8 Å². The van der Waals surface area contributed by atoms with Gasteiger partial charge in [0.05, 0.1) is 6.61 Å². The topological polar surface area (TPSA) is 61.3 Å². The second-order valence-electron chi connectivity index (χ2n) is 6.00. The van der Waals surface area contributed by atoms with E-state index in [1.54, 1.807) is 0 Å². The predicted octanol–water partition coefficient (Wildman–Crippen LogP) is 3.51. The number of aryl methyl sites for hydroxylation is 2. The van der Waals surface area contributed by atoms with Crippen LogP contribution in [0.2, 0.25) is 0 Å². The largest absolute Gasteiger partial charge is 0.494 e. The van der Waals surface area contributed by atoms with Gasteiger partial charge in [-0.1, -0.05) is 13.8 Å². The number of nitrogens with two attached hydrogens (primary N) is 2. The van der Waals surface area contributed by atoms with Gasteiger partial charge in [-0.05, 0) is 86.9 Å². The van der Waals surface area contributed by atoms with Gasteiger partial charge in [0.2, 0.25) is 0 Å². The van der Waals surface area contributed by atoms with Crippen molar-refractivity contribution >= 4 is 0 Å². The minimum Gasteiger partial charge on any atom is -0.494 e. The molecule has 0 radical (unpaired) electrons. The van der Waals surface area contributed by atoms with E-state index in [0.717, 1.165) is 31.6 Å². The van der Waals surface area contributed by atoms with Gasteiger partial charge >= 0.3 is 0 Å². The molecule has 0 saturated carbocycles. The molecule has 0 spiro atoms. The summed E-state index contributed by atoms with van der Waals surface area (Å²) in [5, 5.41) is 0. The molecule has 0 fully saturated rings. The molecule has 1 atom stereocenters. The first kappa shape index (κ1) is 18.0. The van der Waals surface area contributed by atoms with E-state index in [4.69, 9.17) is 16.2 Å². The molecule has 4 N–H and O–H groups in total. The fraction of sp³-hybridized carbons (Fsp3) is 0.667. The van der Waals surface area contributed by atoms with Crippen molar-refractivity contribution in [3.8, 4) is 5.75 Å². The van der Waals surface area contributed by atoms with Crippen LogP contribution in [-0.2, 0) is 0 Å². The summed E-state index contributed by atoms with van der Waals surface area (Å²) in [6.45, 7) is 10.9. The summed E-state index contributed by atoms with van der Waals surface area (Å²) in [5.74, 6) is 1.92. The first-order chi connectivity index (χ1) is 10.1. The van der Waals surface area contributed by atoms with E-state index in [2.05, 4.69) is 39.8 Å². The molecule has 0 aliphatic carbocycles. The number of benzene rings is 1. The Balaban J connectivity index is 2.98. The van der Waals surface area contributed by atoms with Gasteiger partial charge in [0.1, 0.15) is 5.75 Å². The lowest BCUT2D eigenvalue weighted by atomic mass is 9.82. The minimum atomic E-state index is 0.407. The van der Waals surface area contributed by atoms with Crippen molar-refractivity contribution < 1.29 is 4.74 Å². The highest BCUT2D eigenvalue weighted by molar-refractivity contribution is 5.43. The molecule has 0 heterocycles. The SMILES string of the molecule is CCCOc1cc(C)c(C(CC)CC(CN)CN)c(C)c1. The Morgan fingerprint density at radius 3 is 2.05 bits per heavy atom. The Morgan fingerprint density at radius 1 is 1.05 bits per heavy atom.